The highest BCUT2D eigenvalue weighted by Gasteiger charge is 2.18. The van der Waals surface area contributed by atoms with Crippen LogP contribution in [0.1, 0.15) is 36.9 Å². The van der Waals surface area contributed by atoms with Crippen molar-refractivity contribution < 1.29 is 4.74 Å². The zero-order valence-corrected chi connectivity index (χ0v) is 14.2. The van der Waals surface area contributed by atoms with Gasteiger partial charge in [0.15, 0.2) is 5.84 Å². The molecule has 0 spiro atoms. The number of amidine groups is 1. The minimum atomic E-state index is 0.623. The maximum Gasteiger partial charge on any atom is 0.152 e. The van der Waals surface area contributed by atoms with E-state index in [1.165, 1.54) is 25.7 Å². The molecular formula is C19H20ClN3O. The van der Waals surface area contributed by atoms with Crippen LogP contribution in [0.5, 0.6) is 5.75 Å². The summed E-state index contributed by atoms with van der Waals surface area (Å²) < 4.78 is 5.90. The molecule has 1 aromatic carbocycles. The fourth-order valence-electron chi connectivity index (χ4n) is 3.33. The summed E-state index contributed by atoms with van der Waals surface area (Å²) >= 11 is 6.38. The zero-order chi connectivity index (χ0) is 16.4. The summed E-state index contributed by atoms with van der Waals surface area (Å²) in [5.41, 5.74) is 2.95. The van der Waals surface area contributed by atoms with Crippen molar-refractivity contribution in [2.75, 3.05) is 11.9 Å². The Labute approximate surface area is 146 Å². The second-order valence-corrected chi connectivity index (χ2v) is 6.81. The molecule has 1 aromatic heterocycles. The van der Waals surface area contributed by atoms with Gasteiger partial charge in [-0.25, -0.2) is 0 Å². The van der Waals surface area contributed by atoms with E-state index in [1.54, 1.807) is 6.20 Å². The standard InChI is InChI=1S/C19H20ClN3O/c20-16-10-15(7-8-17(16)24-12-13-4-1-2-5-13)23-19-18-14(11-22-19)6-3-9-21-18/h3,6-10,13H,1-2,4-5,11-12H2,(H,22,23). The minimum Gasteiger partial charge on any atom is -0.492 e. The lowest BCUT2D eigenvalue weighted by Gasteiger charge is -2.14. The van der Waals surface area contributed by atoms with Crippen LogP contribution in [0, 0.1) is 5.92 Å². The Bertz CT molecular complexity index is 769. The normalized spacial score (nSPS) is 16.8. The lowest BCUT2D eigenvalue weighted by Crippen LogP contribution is -2.13. The number of pyridine rings is 1. The number of nitrogens with zero attached hydrogens (tertiary/aromatic N) is 2. The van der Waals surface area contributed by atoms with E-state index in [9.17, 15) is 0 Å². The summed E-state index contributed by atoms with van der Waals surface area (Å²) in [6.07, 6.45) is 6.96. The lowest BCUT2D eigenvalue weighted by atomic mass is 10.1. The number of ether oxygens (including phenoxy) is 1. The van der Waals surface area contributed by atoms with Gasteiger partial charge in [0, 0.05) is 17.4 Å². The Balaban J connectivity index is 1.43. The van der Waals surface area contributed by atoms with E-state index < -0.39 is 0 Å². The lowest BCUT2D eigenvalue weighted by molar-refractivity contribution is 0.252. The number of nitrogens with one attached hydrogen (secondary N) is 1. The van der Waals surface area contributed by atoms with Gasteiger partial charge in [-0.1, -0.05) is 30.5 Å². The molecule has 1 fully saturated rings. The van der Waals surface area contributed by atoms with Gasteiger partial charge in [-0.05, 0) is 43.0 Å². The van der Waals surface area contributed by atoms with Crippen LogP contribution in [0.15, 0.2) is 41.5 Å². The molecule has 124 valence electrons. The molecule has 0 bridgehead atoms. The van der Waals surface area contributed by atoms with Gasteiger partial charge in [-0.15, -0.1) is 0 Å². The fourth-order valence-corrected chi connectivity index (χ4v) is 3.57. The number of aliphatic imine (C=N–C) groups is 1. The Morgan fingerprint density at radius 1 is 1.21 bits per heavy atom. The highest BCUT2D eigenvalue weighted by molar-refractivity contribution is 6.32. The van der Waals surface area contributed by atoms with Gasteiger partial charge in [-0.3, -0.25) is 9.98 Å². The molecule has 0 saturated heterocycles. The molecule has 1 aliphatic carbocycles. The Kier molecular flexibility index (Phi) is 4.39. The first-order valence-electron chi connectivity index (χ1n) is 8.48. The number of hydrogen-bond acceptors (Lipinski definition) is 4. The van der Waals surface area contributed by atoms with Crippen LogP contribution in [0.4, 0.5) is 5.69 Å². The number of aromatic nitrogens is 1. The van der Waals surface area contributed by atoms with Gasteiger partial charge in [0.25, 0.3) is 0 Å². The van der Waals surface area contributed by atoms with Gasteiger partial charge in [0.2, 0.25) is 0 Å². The van der Waals surface area contributed by atoms with E-state index >= 15 is 0 Å². The molecule has 2 aromatic rings. The van der Waals surface area contributed by atoms with Gasteiger partial charge in [0.1, 0.15) is 11.4 Å². The number of rotatable bonds is 4. The third-order valence-electron chi connectivity index (χ3n) is 4.67. The third kappa shape index (κ3) is 3.24. The van der Waals surface area contributed by atoms with Crippen LogP contribution in [0.2, 0.25) is 5.02 Å². The second kappa shape index (κ2) is 6.81. The van der Waals surface area contributed by atoms with Crippen molar-refractivity contribution in [3.05, 3.63) is 52.8 Å². The van der Waals surface area contributed by atoms with Crippen LogP contribution in [-0.4, -0.2) is 17.4 Å². The first-order chi connectivity index (χ1) is 11.8. The van der Waals surface area contributed by atoms with Crippen LogP contribution in [0.25, 0.3) is 0 Å². The molecule has 0 atom stereocenters. The average molecular weight is 342 g/mol. The summed E-state index contributed by atoms with van der Waals surface area (Å²) in [5.74, 6) is 2.22. The van der Waals surface area contributed by atoms with E-state index in [0.717, 1.165) is 35.1 Å². The maximum atomic E-state index is 6.38. The van der Waals surface area contributed by atoms with Crippen molar-refractivity contribution in [1.29, 1.82) is 0 Å². The first-order valence-corrected chi connectivity index (χ1v) is 8.85. The first kappa shape index (κ1) is 15.5. The smallest absolute Gasteiger partial charge is 0.152 e. The molecular weight excluding hydrogens is 322 g/mol. The molecule has 2 aliphatic rings. The van der Waals surface area contributed by atoms with Gasteiger partial charge >= 0.3 is 0 Å². The molecule has 0 amide bonds. The molecule has 1 aliphatic heterocycles. The average Bonchev–Trinajstić information content (AvgIpc) is 3.25. The molecule has 4 rings (SSSR count). The number of benzene rings is 1. The van der Waals surface area contributed by atoms with Crippen LogP contribution in [0.3, 0.4) is 0 Å². The van der Waals surface area contributed by atoms with Crippen molar-refractivity contribution in [1.82, 2.24) is 4.98 Å². The Morgan fingerprint density at radius 3 is 2.92 bits per heavy atom. The van der Waals surface area contributed by atoms with E-state index in [4.69, 9.17) is 16.3 Å². The molecule has 4 nitrogen and oxygen atoms in total. The molecule has 0 radical (unpaired) electrons. The molecule has 24 heavy (non-hydrogen) atoms. The van der Waals surface area contributed by atoms with Crippen molar-refractivity contribution in [2.24, 2.45) is 10.9 Å². The van der Waals surface area contributed by atoms with Crippen LogP contribution in [-0.2, 0) is 6.54 Å². The number of fused-ring (bicyclic) bond motifs is 1. The zero-order valence-electron chi connectivity index (χ0n) is 13.5. The summed E-state index contributed by atoms with van der Waals surface area (Å²) in [5, 5.41) is 3.93. The number of hydrogen-bond donors (Lipinski definition) is 1. The highest BCUT2D eigenvalue weighted by atomic mass is 35.5. The monoisotopic (exact) mass is 341 g/mol. The molecule has 5 heteroatoms. The second-order valence-electron chi connectivity index (χ2n) is 6.41. The van der Waals surface area contributed by atoms with Crippen molar-refractivity contribution in [3.8, 4) is 5.75 Å². The quantitative estimate of drug-likeness (QED) is 0.878. The molecule has 1 saturated carbocycles. The SMILES string of the molecule is Clc1cc(NC2=NCc3cccnc32)ccc1OCC1CCCC1. The van der Waals surface area contributed by atoms with E-state index in [0.29, 0.717) is 17.5 Å². The van der Waals surface area contributed by atoms with Gasteiger partial charge in [-0.2, -0.15) is 0 Å². The van der Waals surface area contributed by atoms with Crippen molar-refractivity contribution in [3.63, 3.8) is 0 Å². The summed E-state index contributed by atoms with van der Waals surface area (Å²) in [7, 11) is 0. The van der Waals surface area contributed by atoms with Crippen molar-refractivity contribution >= 4 is 23.1 Å². The predicted octanol–water partition coefficient (Wildman–Crippen LogP) is 4.68. The van der Waals surface area contributed by atoms with E-state index in [1.807, 2.05) is 30.3 Å². The van der Waals surface area contributed by atoms with E-state index in [-0.39, 0.29) is 0 Å². The summed E-state index contributed by atoms with van der Waals surface area (Å²) in [4.78, 5) is 8.91. The van der Waals surface area contributed by atoms with Gasteiger partial charge in [0.05, 0.1) is 18.2 Å². The Morgan fingerprint density at radius 2 is 2.08 bits per heavy atom. The summed E-state index contributed by atoms with van der Waals surface area (Å²) in [6, 6.07) is 9.76. The Hall–Kier alpha value is -2.07. The predicted molar refractivity (Wildman–Crippen MR) is 97.0 cm³/mol. The van der Waals surface area contributed by atoms with Crippen LogP contribution >= 0.6 is 11.6 Å². The van der Waals surface area contributed by atoms with Crippen molar-refractivity contribution in [2.45, 2.75) is 32.2 Å². The topological polar surface area (TPSA) is 46.5 Å². The minimum absolute atomic E-state index is 0.623. The molecule has 0 unspecified atom stereocenters. The number of halogens is 1. The third-order valence-corrected chi connectivity index (χ3v) is 4.96. The summed E-state index contributed by atoms with van der Waals surface area (Å²) in [6.45, 7) is 1.43. The van der Waals surface area contributed by atoms with E-state index in [2.05, 4.69) is 15.3 Å². The fraction of sp³-hybridized carbons (Fsp3) is 0.368. The molecule has 2 heterocycles. The van der Waals surface area contributed by atoms with Crippen LogP contribution < -0.4 is 10.1 Å². The van der Waals surface area contributed by atoms with Gasteiger partial charge < -0.3 is 10.1 Å². The largest absolute Gasteiger partial charge is 0.492 e. The maximum absolute atomic E-state index is 6.38. The number of anilines is 1. The highest BCUT2D eigenvalue weighted by Crippen LogP contribution is 2.31. The molecule has 1 N–H and O–H groups in total.